The first kappa shape index (κ1) is 12.2. The molecule has 84 valence electrons. The molecule has 0 heterocycles. The van der Waals surface area contributed by atoms with Crippen LogP contribution >= 0.6 is 11.8 Å². The van der Waals surface area contributed by atoms with Gasteiger partial charge in [0, 0.05) is 0 Å². The smallest absolute Gasteiger partial charge is 0.174 e. The number of methoxy groups -OCH3 is 2. The first-order chi connectivity index (χ1) is 7.15. The van der Waals surface area contributed by atoms with E-state index in [9.17, 15) is 5.11 Å². The van der Waals surface area contributed by atoms with Gasteiger partial charge in [-0.3, -0.25) is 0 Å². The zero-order chi connectivity index (χ0) is 11.4. The monoisotopic (exact) mass is 228 g/mol. The molecule has 0 aliphatic carbocycles. The largest absolute Gasteiger partial charge is 0.493 e. The van der Waals surface area contributed by atoms with Crippen molar-refractivity contribution in [3.63, 3.8) is 0 Å². The molecule has 1 aromatic carbocycles. The van der Waals surface area contributed by atoms with Crippen LogP contribution in [0.3, 0.4) is 0 Å². The van der Waals surface area contributed by atoms with E-state index in [1.165, 1.54) is 11.8 Å². The topological polar surface area (TPSA) is 38.7 Å². The molecule has 0 aromatic heterocycles. The molecule has 0 spiro atoms. The van der Waals surface area contributed by atoms with Crippen LogP contribution < -0.4 is 9.47 Å². The Hall–Kier alpha value is -0.870. The normalized spacial score (nSPS) is 12.3. The van der Waals surface area contributed by atoms with Gasteiger partial charge < -0.3 is 14.6 Å². The number of benzene rings is 1. The van der Waals surface area contributed by atoms with Crippen molar-refractivity contribution in [3.05, 3.63) is 17.7 Å². The second-order valence-corrected chi connectivity index (χ2v) is 3.92. The summed E-state index contributed by atoms with van der Waals surface area (Å²) in [6, 6.07) is 3.67. The second-order valence-electron chi connectivity index (χ2n) is 3.10. The van der Waals surface area contributed by atoms with E-state index in [1.807, 2.05) is 12.3 Å². The standard InChI is InChI=1S/C11H16O3S/c1-7(12)8-5-6-9(13-2)10(14-3)11(8)15-4/h5-7,12H,1-4H3. The highest BCUT2D eigenvalue weighted by molar-refractivity contribution is 7.98. The second kappa shape index (κ2) is 5.28. The van der Waals surface area contributed by atoms with Crippen LogP contribution in [0.15, 0.2) is 17.0 Å². The van der Waals surface area contributed by atoms with Crippen molar-refractivity contribution in [2.45, 2.75) is 17.9 Å². The van der Waals surface area contributed by atoms with Gasteiger partial charge in [-0.25, -0.2) is 0 Å². The van der Waals surface area contributed by atoms with Crippen molar-refractivity contribution < 1.29 is 14.6 Å². The minimum absolute atomic E-state index is 0.507. The Kier molecular flexibility index (Phi) is 4.29. The minimum Gasteiger partial charge on any atom is -0.493 e. The molecular weight excluding hydrogens is 212 g/mol. The average molecular weight is 228 g/mol. The Labute approximate surface area is 94.4 Å². The van der Waals surface area contributed by atoms with Crippen LogP contribution in [0.25, 0.3) is 0 Å². The van der Waals surface area contributed by atoms with E-state index < -0.39 is 6.10 Å². The maximum atomic E-state index is 9.61. The highest BCUT2D eigenvalue weighted by Gasteiger charge is 2.16. The molecule has 1 atom stereocenters. The molecule has 0 radical (unpaired) electrons. The van der Waals surface area contributed by atoms with Crippen molar-refractivity contribution in [2.75, 3.05) is 20.5 Å². The summed E-state index contributed by atoms with van der Waals surface area (Å²) in [5, 5.41) is 9.61. The maximum absolute atomic E-state index is 9.61. The van der Waals surface area contributed by atoms with Crippen LogP contribution in [0.2, 0.25) is 0 Å². The van der Waals surface area contributed by atoms with Crippen molar-refractivity contribution in [3.8, 4) is 11.5 Å². The average Bonchev–Trinajstić information content (AvgIpc) is 2.26. The number of aliphatic hydroxyl groups is 1. The van der Waals surface area contributed by atoms with Crippen molar-refractivity contribution in [2.24, 2.45) is 0 Å². The number of thioether (sulfide) groups is 1. The lowest BCUT2D eigenvalue weighted by molar-refractivity contribution is 0.195. The third-order valence-corrected chi connectivity index (χ3v) is 3.01. The zero-order valence-electron chi connectivity index (χ0n) is 9.40. The number of hydrogen-bond donors (Lipinski definition) is 1. The molecule has 0 amide bonds. The predicted molar refractivity (Wildman–Crippen MR) is 62.0 cm³/mol. The van der Waals surface area contributed by atoms with Gasteiger partial charge in [-0.05, 0) is 24.8 Å². The summed E-state index contributed by atoms with van der Waals surface area (Å²) in [5.41, 5.74) is 0.861. The summed E-state index contributed by atoms with van der Waals surface area (Å²) >= 11 is 1.54. The van der Waals surface area contributed by atoms with E-state index in [2.05, 4.69) is 0 Å². The molecule has 0 aliphatic heterocycles. The number of hydrogen-bond acceptors (Lipinski definition) is 4. The van der Waals surface area contributed by atoms with E-state index in [4.69, 9.17) is 9.47 Å². The van der Waals surface area contributed by atoms with Gasteiger partial charge in [-0.1, -0.05) is 6.07 Å². The molecule has 0 saturated carbocycles. The van der Waals surface area contributed by atoms with Gasteiger partial charge >= 0.3 is 0 Å². The van der Waals surface area contributed by atoms with Crippen LogP contribution in [-0.2, 0) is 0 Å². The molecule has 0 saturated heterocycles. The first-order valence-corrected chi connectivity index (χ1v) is 5.85. The lowest BCUT2D eigenvalue weighted by atomic mass is 10.1. The summed E-state index contributed by atoms with van der Waals surface area (Å²) in [7, 11) is 3.20. The summed E-state index contributed by atoms with van der Waals surface area (Å²) in [6.45, 7) is 1.74. The quantitative estimate of drug-likeness (QED) is 0.803. The molecule has 0 aliphatic rings. The minimum atomic E-state index is -0.507. The van der Waals surface area contributed by atoms with E-state index in [0.29, 0.717) is 11.5 Å². The molecular formula is C11H16O3S. The maximum Gasteiger partial charge on any atom is 0.174 e. The summed E-state index contributed by atoms with van der Waals surface area (Å²) < 4.78 is 10.5. The lowest BCUT2D eigenvalue weighted by Gasteiger charge is -2.16. The molecule has 1 rings (SSSR count). The highest BCUT2D eigenvalue weighted by atomic mass is 32.2. The fourth-order valence-corrected chi connectivity index (χ4v) is 2.30. The third-order valence-electron chi connectivity index (χ3n) is 2.18. The van der Waals surface area contributed by atoms with Gasteiger partial charge in [0.05, 0.1) is 25.2 Å². The van der Waals surface area contributed by atoms with E-state index in [0.717, 1.165) is 10.5 Å². The fraction of sp³-hybridized carbons (Fsp3) is 0.455. The number of ether oxygens (including phenoxy) is 2. The molecule has 1 N–H and O–H groups in total. The molecule has 15 heavy (non-hydrogen) atoms. The van der Waals surface area contributed by atoms with Gasteiger partial charge in [0.1, 0.15) is 0 Å². The lowest BCUT2D eigenvalue weighted by Crippen LogP contribution is -1.99. The molecule has 3 nitrogen and oxygen atoms in total. The summed E-state index contributed by atoms with van der Waals surface area (Å²) in [6.07, 6.45) is 1.44. The first-order valence-electron chi connectivity index (χ1n) is 4.62. The van der Waals surface area contributed by atoms with Gasteiger partial charge in [-0.15, -0.1) is 11.8 Å². The summed E-state index contributed by atoms with van der Waals surface area (Å²) in [5.74, 6) is 1.37. The van der Waals surface area contributed by atoms with Crippen molar-refractivity contribution >= 4 is 11.8 Å². The van der Waals surface area contributed by atoms with E-state index >= 15 is 0 Å². The molecule has 4 heteroatoms. The molecule has 1 aromatic rings. The van der Waals surface area contributed by atoms with Crippen LogP contribution in [0.5, 0.6) is 11.5 Å². The van der Waals surface area contributed by atoms with Gasteiger partial charge in [-0.2, -0.15) is 0 Å². The summed E-state index contributed by atoms with van der Waals surface area (Å²) in [4.78, 5) is 0.923. The SMILES string of the molecule is COc1ccc(C(C)O)c(SC)c1OC. The Bertz CT molecular complexity index is 337. The van der Waals surface area contributed by atoms with Crippen LogP contribution in [-0.4, -0.2) is 25.6 Å². The zero-order valence-corrected chi connectivity index (χ0v) is 10.2. The van der Waals surface area contributed by atoms with Gasteiger partial charge in [0.15, 0.2) is 11.5 Å². The number of aliphatic hydroxyl groups excluding tert-OH is 1. The Morgan fingerprint density at radius 3 is 2.33 bits per heavy atom. The predicted octanol–water partition coefficient (Wildman–Crippen LogP) is 2.48. The van der Waals surface area contributed by atoms with Crippen molar-refractivity contribution in [1.82, 2.24) is 0 Å². The van der Waals surface area contributed by atoms with E-state index in [1.54, 1.807) is 27.2 Å². The fourth-order valence-electron chi connectivity index (χ4n) is 1.45. The van der Waals surface area contributed by atoms with Gasteiger partial charge in [0.2, 0.25) is 0 Å². The third kappa shape index (κ3) is 2.38. The Morgan fingerprint density at radius 2 is 1.93 bits per heavy atom. The van der Waals surface area contributed by atoms with Crippen molar-refractivity contribution in [1.29, 1.82) is 0 Å². The Balaban J connectivity index is 3.34. The van der Waals surface area contributed by atoms with Crippen LogP contribution in [0, 0.1) is 0 Å². The number of rotatable bonds is 4. The molecule has 1 unspecified atom stereocenters. The van der Waals surface area contributed by atoms with Crippen LogP contribution in [0.1, 0.15) is 18.6 Å². The van der Waals surface area contributed by atoms with Gasteiger partial charge in [0.25, 0.3) is 0 Å². The Morgan fingerprint density at radius 1 is 1.27 bits per heavy atom. The van der Waals surface area contributed by atoms with E-state index in [-0.39, 0.29) is 0 Å². The molecule has 0 fully saturated rings. The highest BCUT2D eigenvalue weighted by Crippen LogP contribution is 2.41. The molecule has 0 bridgehead atoms. The van der Waals surface area contributed by atoms with Crippen LogP contribution in [0.4, 0.5) is 0 Å².